The van der Waals surface area contributed by atoms with E-state index in [0.29, 0.717) is 37.6 Å². The fraction of sp³-hybridized carbons (Fsp3) is 0.400. The Morgan fingerprint density at radius 2 is 2.00 bits per heavy atom. The molecule has 29 heavy (non-hydrogen) atoms. The van der Waals surface area contributed by atoms with Crippen molar-refractivity contribution in [3.63, 3.8) is 0 Å². The molecule has 152 valence electrons. The SMILES string of the molecule is CC(=O)Nc1cc2cc(-c3nnc(C)s3)ccc2c(N2CCC(C(F)F)CC2)n1. The smallest absolute Gasteiger partial charge is 0.241 e. The highest BCUT2D eigenvalue weighted by Gasteiger charge is 2.27. The van der Waals surface area contributed by atoms with Crippen LogP contribution in [0.3, 0.4) is 0 Å². The van der Waals surface area contributed by atoms with Crippen LogP contribution < -0.4 is 10.2 Å². The van der Waals surface area contributed by atoms with Crippen molar-refractivity contribution in [3.05, 3.63) is 29.3 Å². The molecule has 4 rings (SSSR count). The van der Waals surface area contributed by atoms with E-state index < -0.39 is 12.3 Å². The number of amides is 1. The van der Waals surface area contributed by atoms with Gasteiger partial charge in [-0.05, 0) is 43.4 Å². The van der Waals surface area contributed by atoms with Crippen LogP contribution in [0.4, 0.5) is 20.4 Å². The van der Waals surface area contributed by atoms with Crippen LogP contribution in [0, 0.1) is 12.8 Å². The van der Waals surface area contributed by atoms with E-state index in [1.54, 1.807) is 0 Å². The summed E-state index contributed by atoms with van der Waals surface area (Å²) in [6.45, 7) is 4.36. The van der Waals surface area contributed by atoms with Crippen LogP contribution in [0.1, 0.15) is 24.8 Å². The molecule has 3 heterocycles. The van der Waals surface area contributed by atoms with Crippen molar-refractivity contribution < 1.29 is 13.6 Å². The first-order chi connectivity index (χ1) is 13.9. The summed E-state index contributed by atoms with van der Waals surface area (Å²) < 4.78 is 26.1. The second kappa shape index (κ2) is 7.98. The quantitative estimate of drug-likeness (QED) is 0.677. The van der Waals surface area contributed by atoms with E-state index in [-0.39, 0.29) is 5.91 Å². The Bertz CT molecular complexity index is 1050. The normalized spacial score (nSPS) is 15.3. The van der Waals surface area contributed by atoms with E-state index in [0.717, 1.165) is 26.4 Å². The largest absolute Gasteiger partial charge is 0.356 e. The number of anilines is 2. The van der Waals surface area contributed by atoms with Crippen molar-refractivity contribution >= 4 is 39.7 Å². The predicted molar refractivity (Wildman–Crippen MR) is 111 cm³/mol. The lowest BCUT2D eigenvalue weighted by Gasteiger charge is -2.33. The minimum atomic E-state index is -2.29. The van der Waals surface area contributed by atoms with Crippen molar-refractivity contribution in [1.82, 2.24) is 15.2 Å². The van der Waals surface area contributed by atoms with Gasteiger partial charge in [0.15, 0.2) is 0 Å². The van der Waals surface area contributed by atoms with E-state index in [1.807, 2.05) is 36.1 Å². The van der Waals surface area contributed by atoms with Crippen LogP contribution >= 0.6 is 11.3 Å². The maximum atomic E-state index is 13.0. The van der Waals surface area contributed by atoms with Gasteiger partial charge in [-0.15, -0.1) is 10.2 Å². The first-order valence-electron chi connectivity index (χ1n) is 9.46. The molecular formula is C20H21F2N5OS. The third kappa shape index (κ3) is 4.19. The molecule has 0 saturated carbocycles. The summed E-state index contributed by atoms with van der Waals surface area (Å²) in [5, 5.41) is 14.5. The van der Waals surface area contributed by atoms with Crippen molar-refractivity contribution in [3.8, 4) is 10.6 Å². The molecule has 2 aromatic heterocycles. The molecule has 0 atom stereocenters. The first-order valence-corrected chi connectivity index (χ1v) is 10.3. The molecule has 0 spiro atoms. The highest BCUT2D eigenvalue weighted by atomic mass is 32.1. The molecule has 0 aliphatic carbocycles. The number of nitrogens with zero attached hydrogens (tertiary/aromatic N) is 4. The van der Waals surface area contributed by atoms with E-state index in [4.69, 9.17) is 0 Å². The van der Waals surface area contributed by atoms with Gasteiger partial charge in [-0.1, -0.05) is 17.4 Å². The van der Waals surface area contributed by atoms with E-state index in [9.17, 15) is 13.6 Å². The molecule has 0 bridgehead atoms. The topological polar surface area (TPSA) is 71.0 Å². The van der Waals surface area contributed by atoms with Gasteiger partial charge in [0.2, 0.25) is 12.3 Å². The van der Waals surface area contributed by atoms with E-state index in [1.165, 1.54) is 18.3 Å². The molecule has 0 radical (unpaired) electrons. The van der Waals surface area contributed by atoms with Crippen LogP contribution in [0.15, 0.2) is 24.3 Å². The second-order valence-corrected chi connectivity index (χ2v) is 8.42. The molecule has 9 heteroatoms. The third-order valence-electron chi connectivity index (χ3n) is 5.08. The minimum absolute atomic E-state index is 0.213. The number of benzene rings is 1. The number of pyridine rings is 1. The summed E-state index contributed by atoms with van der Waals surface area (Å²) in [6, 6.07) is 7.76. The highest BCUT2D eigenvalue weighted by molar-refractivity contribution is 7.14. The minimum Gasteiger partial charge on any atom is -0.356 e. The van der Waals surface area contributed by atoms with Crippen molar-refractivity contribution in [1.29, 1.82) is 0 Å². The van der Waals surface area contributed by atoms with E-state index >= 15 is 0 Å². The molecule has 1 amide bonds. The molecular weight excluding hydrogens is 396 g/mol. The number of aryl methyl sites for hydroxylation is 1. The number of hydrogen-bond donors (Lipinski definition) is 1. The number of rotatable bonds is 4. The van der Waals surface area contributed by atoms with Gasteiger partial charge in [-0.3, -0.25) is 4.79 Å². The standard InChI is InChI=1S/C20H21F2N5OS/c1-11(28)23-17-10-15-9-14(20-26-25-12(2)29-20)3-4-16(15)19(24-17)27-7-5-13(6-8-27)18(21)22/h3-4,9-10,13,18H,5-8H2,1-2H3,(H,23,24,28). The Kier molecular flexibility index (Phi) is 5.40. The fourth-order valence-electron chi connectivity index (χ4n) is 3.63. The predicted octanol–water partition coefficient (Wildman–Crippen LogP) is 4.50. The molecule has 1 fully saturated rings. The summed E-state index contributed by atoms with van der Waals surface area (Å²) in [6.07, 6.45) is -1.44. The molecule has 1 aliphatic heterocycles. The third-order valence-corrected chi connectivity index (χ3v) is 5.97. The van der Waals surface area contributed by atoms with Gasteiger partial charge in [0, 0.05) is 36.9 Å². The number of alkyl halides is 2. The molecule has 1 aliphatic rings. The Morgan fingerprint density at radius 3 is 2.62 bits per heavy atom. The Hall–Kier alpha value is -2.68. The Labute approximate surface area is 171 Å². The number of fused-ring (bicyclic) bond motifs is 1. The van der Waals surface area contributed by atoms with Crippen molar-refractivity contribution in [2.24, 2.45) is 5.92 Å². The number of carbonyl (C=O) groups is 1. The van der Waals surface area contributed by atoms with Gasteiger partial charge < -0.3 is 10.2 Å². The fourth-order valence-corrected chi connectivity index (χ4v) is 4.32. The monoisotopic (exact) mass is 417 g/mol. The average molecular weight is 417 g/mol. The lowest BCUT2D eigenvalue weighted by molar-refractivity contribution is -0.114. The summed E-state index contributed by atoms with van der Waals surface area (Å²) >= 11 is 1.51. The molecule has 6 nitrogen and oxygen atoms in total. The summed E-state index contributed by atoms with van der Waals surface area (Å²) in [5.74, 6) is 0.374. The van der Waals surface area contributed by atoms with Crippen LogP contribution in [0.25, 0.3) is 21.3 Å². The lowest BCUT2D eigenvalue weighted by atomic mass is 9.97. The molecule has 0 unspecified atom stereocenters. The lowest BCUT2D eigenvalue weighted by Crippen LogP contribution is -2.36. The van der Waals surface area contributed by atoms with Gasteiger partial charge >= 0.3 is 0 Å². The number of piperidine rings is 1. The van der Waals surface area contributed by atoms with E-state index in [2.05, 4.69) is 20.5 Å². The van der Waals surface area contributed by atoms with Crippen LogP contribution in [0.2, 0.25) is 0 Å². The highest BCUT2D eigenvalue weighted by Crippen LogP contribution is 2.35. The molecule has 1 N–H and O–H groups in total. The maximum absolute atomic E-state index is 13.0. The first kappa shape index (κ1) is 19.6. The Balaban J connectivity index is 1.75. The zero-order chi connectivity index (χ0) is 20.5. The zero-order valence-electron chi connectivity index (χ0n) is 16.2. The van der Waals surface area contributed by atoms with Crippen LogP contribution in [0.5, 0.6) is 0 Å². The van der Waals surface area contributed by atoms with Crippen LogP contribution in [-0.4, -0.2) is 40.6 Å². The van der Waals surface area contributed by atoms with Gasteiger partial charge in [0.25, 0.3) is 0 Å². The van der Waals surface area contributed by atoms with Crippen molar-refractivity contribution in [2.75, 3.05) is 23.3 Å². The number of nitrogens with one attached hydrogen (secondary N) is 1. The summed E-state index contributed by atoms with van der Waals surface area (Å²) in [4.78, 5) is 18.2. The average Bonchev–Trinajstić information content (AvgIpc) is 3.13. The Morgan fingerprint density at radius 1 is 1.24 bits per heavy atom. The van der Waals surface area contributed by atoms with Gasteiger partial charge in [-0.25, -0.2) is 13.8 Å². The number of carbonyl (C=O) groups excluding carboxylic acids is 1. The van der Waals surface area contributed by atoms with Crippen molar-refractivity contribution in [2.45, 2.75) is 33.1 Å². The number of aromatic nitrogens is 3. The maximum Gasteiger partial charge on any atom is 0.241 e. The number of hydrogen-bond acceptors (Lipinski definition) is 6. The molecule has 1 aromatic carbocycles. The van der Waals surface area contributed by atoms with Gasteiger partial charge in [0.1, 0.15) is 21.7 Å². The summed E-state index contributed by atoms with van der Waals surface area (Å²) in [7, 11) is 0. The number of halogens is 2. The molecule has 1 saturated heterocycles. The van der Waals surface area contributed by atoms with Gasteiger partial charge in [0.05, 0.1) is 0 Å². The summed E-state index contributed by atoms with van der Waals surface area (Å²) in [5.41, 5.74) is 0.936. The molecule has 3 aromatic rings. The van der Waals surface area contributed by atoms with Gasteiger partial charge in [-0.2, -0.15) is 0 Å². The second-order valence-electron chi connectivity index (χ2n) is 7.23. The zero-order valence-corrected chi connectivity index (χ0v) is 17.0. The van der Waals surface area contributed by atoms with Crippen LogP contribution in [-0.2, 0) is 4.79 Å².